The zero-order chi connectivity index (χ0) is 17.4. The number of fused-ring (bicyclic) bond motifs is 1. The molecule has 1 aliphatic rings. The third-order valence-corrected chi connectivity index (χ3v) is 5.09. The Bertz CT molecular complexity index is 930. The summed E-state index contributed by atoms with van der Waals surface area (Å²) in [7, 11) is 0. The number of nitrogens with zero attached hydrogens (tertiary/aromatic N) is 3. The molecule has 0 unspecified atom stereocenters. The van der Waals surface area contributed by atoms with Gasteiger partial charge in [-0.2, -0.15) is 5.10 Å². The Hall–Kier alpha value is -2.40. The van der Waals surface area contributed by atoms with Crippen LogP contribution in [0.4, 0.5) is 5.69 Å². The number of aryl methyl sites for hydroxylation is 2. The second kappa shape index (κ2) is 6.48. The van der Waals surface area contributed by atoms with Crippen LogP contribution in [0.2, 0.25) is 0 Å². The predicted molar refractivity (Wildman–Crippen MR) is 102 cm³/mol. The van der Waals surface area contributed by atoms with Gasteiger partial charge in [0.2, 0.25) is 0 Å². The van der Waals surface area contributed by atoms with Gasteiger partial charge in [-0.25, -0.2) is 4.68 Å². The molecular weight excluding hydrogens is 378 g/mol. The minimum absolute atomic E-state index is 0.0482. The van der Waals surface area contributed by atoms with E-state index in [-0.39, 0.29) is 5.91 Å². The summed E-state index contributed by atoms with van der Waals surface area (Å²) in [6, 6.07) is 15.7. The smallest absolute Gasteiger partial charge is 0.258 e. The molecule has 1 aliphatic heterocycles. The molecule has 0 saturated heterocycles. The maximum absolute atomic E-state index is 13.0. The van der Waals surface area contributed by atoms with E-state index in [4.69, 9.17) is 0 Å². The van der Waals surface area contributed by atoms with E-state index in [0.29, 0.717) is 5.56 Å². The summed E-state index contributed by atoms with van der Waals surface area (Å²) in [5.41, 5.74) is 4.96. The molecule has 2 aromatic carbocycles. The summed E-state index contributed by atoms with van der Waals surface area (Å²) >= 11 is 3.51. The molecule has 1 amide bonds. The summed E-state index contributed by atoms with van der Waals surface area (Å²) in [6.07, 6.45) is 3.77. The van der Waals surface area contributed by atoms with Crippen molar-refractivity contribution in [2.24, 2.45) is 0 Å². The van der Waals surface area contributed by atoms with Gasteiger partial charge in [0.25, 0.3) is 5.91 Å². The quantitative estimate of drug-likeness (QED) is 0.638. The average Bonchev–Trinajstić information content (AvgIpc) is 3.06. The molecule has 0 bridgehead atoms. The fraction of sp³-hybridized carbons (Fsp3) is 0.200. The van der Waals surface area contributed by atoms with Gasteiger partial charge in [0.15, 0.2) is 0 Å². The number of carbonyl (C=O) groups is 1. The molecule has 2 heterocycles. The minimum Gasteiger partial charge on any atom is -0.308 e. The Morgan fingerprint density at radius 3 is 2.64 bits per heavy atom. The molecule has 4 rings (SSSR count). The Morgan fingerprint density at radius 1 is 1.12 bits per heavy atom. The van der Waals surface area contributed by atoms with Crippen molar-refractivity contribution in [3.8, 4) is 5.69 Å². The van der Waals surface area contributed by atoms with Gasteiger partial charge in [-0.05, 0) is 73.9 Å². The number of aromatic nitrogens is 2. The normalized spacial score (nSPS) is 13.6. The summed E-state index contributed by atoms with van der Waals surface area (Å²) in [6.45, 7) is 2.77. The highest BCUT2D eigenvalue weighted by atomic mass is 79.9. The number of hydrogen-bond donors (Lipinski definition) is 0. The van der Waals surface area contributed by atoms with Crippen LogP contribution in [-0.4, -0.2) is 22.2 Å². The van der Waals surface area contributed by atoms with Gasteiger partial charge in [-0.15, -0.1) is 0 Å². The van der Waals surface area contributed by atoms with Crippen LogP contribution in [0.1, 0.15) is 28.0 Å². The van der Waals surface area contributed by atoms with Gasteiger partial charge >= 0.3 is 0 Å². The van der Waals surface area contributed by atoms with Gasteiger partial charge in [-0.3, -0.25) is 4.79 Å². The number of benzene rings is 2. The number of carbonyl (C=O) groups excluding carboxylic acids is 1. The van der Waals surface area contributed by atoms with Crippen LogP contribution in [0.3, 0.4) is 0 Å². The van der Waals surface area contributed by atoms with Gasteiger partial charge in [-0.1, -0.05) is 15.9 Å². The Balaban J connectivity index is 1.63. The monoisotopic (exact) mass is 395 g/mol. The Morgan fingerprint density at radius 2 is 1.92 bits per heavy atom. The molecule has 5 heteroatoms. The van der Waals surface area contributed by atoms with E-state index < -0.39 is 0 Å². The van der Waals surface area contributed by atoms with E-state index in [1.165, 1.54) is 5.56 Å². The first-order chi connectivity index (χ1) is 12.1. The topological polar surface area (TPSA) is 38.1 Å². The summed E-state index contributed by atoms with van der Waals surface area (Å²) < 4.78 is 2.92. The molecule has 4 nitrogen and oxygen atoms in total. The highest BCUT2D eigenvalue weighted by Crippen LogP contribution is 2.31. The molecule has 0 radical (unpaired) electrons. The summed E-state index contributed by atoms with van der Waals surface area (Å²) in [5, 5.41) is 4.31. The summed E-state index contributed by atoms with van der Waals surface area (Å²) in [5.74, 6) is 0.0482. The molecule has 0 fully saturated rings. The number of rotatable bonds is 2. The van der Waals surface area contributed by atoms with Crippen molar-refractivity contribution in [1.82, 2.24) is 9.78 Å². The number of anilines is 1. The van der Waals surface area contributed by atoms with Crippen molar-refractivity contribution in [3.05, 3.63) is 76.0 Å². The van der Waals surface area contributed by atoms with Crippen molar-refractivity contribution in [1.29, 1.82) is 0 Å². The molecule has 1 aromatic heterocycles. The van der Waals surface area contributed by atoms with E-state index in [2.05, 4.69) is 27.1 Å². The maximum atomic E-state index is 13.0. The van der Waals surface area contributed by atoms with Crippen molar-refractivity contribution in [2.45, 2.75) is 19.8 Å². The molecule has 0 N–H and O–H groups in total. The maximum Gasteiger partial charge on any atom is 0.258 e. The minimum atomic E-state index is 0.0482. The molecule has 0 saturated carbocycles. The Labute approximate surface area is 155 Å². The third-order valence-electron chi connectivity index (χ3n) is 4.60. The molecule has 25 heavy (non-hydrogen) atoms. The van der Waals surface area contributed by atoms with Gasteiger partial charge in [0.1, 0.15) is 0 Å². The largest absolute Gasteiger partial charge is 0.308 e. The van der Waals surface area contributed by atoms with E-state index in [1.54, 1.807) is 6.20 Å². The highest BCUT2D eigenvalue weighted by molar-refractivity contribution is 9.10. The lowest BCUT2D eigenvalue weighted by Gasteiger charge is -2.29. The Kier molecular flexibility index (Phi) is 4.17. The van der Waals surface area contributed by atoms with E-state index in [0.717, 1.165) is 40.9 Å². The van der Waals surface area contributed by atoms with E-state index >= 15 is 0 Å². The number of halogens is 1. The number of hydrogen-bond acceptors (Lipinski definition) is 2. The average molecular weight is 396 g/mol. The van der Waals surface area contributed by atoms with Crippen LogP contribution in [0, 0.1) is 6.92 Å². The summed E-state index contributed by atoms with van der Waals surface area (Å²) in [4.78, 5) is 14.9. The molecule has 0 atom stereocenters. The van der Waals surface area contributed by atoms with Crippen molar-refractivity contribution >= 4 is 27.5 Å². The lowest BCUT2D eigenvalue weighted by atomic mass is 10.0. The fourth-order valence-electron chi connectivity index (χ4n) is 3.32. The van der Waals surface area contributed by atoms with Crippen LogP contribution in [-0.2, 0) is 6.42 Å². The van der Waals surface area contributed by atoms with Crippen LogP contribution in [0.15, 0.2) is 59.2 Å². The highest BCUT2D eigenvalue weighted by Gasteiger charge is 2.23. The molecule has 0 aliphatic carbocycles. The molecule has 3 aromatic rings. The standard InChI is InChI=1S/C20H18BrN3O/c1-14-10-11-22-24(14)18-7-4-15(5-8-18)20(25)23-12-2-3-16-13-17(21)6-9-19(16)23/h4-11,13H,2-3,12H2,1H3. The molecular formula is C20H18BrN3O. The zero-order valence-electron chi connectivity index (χ0n) is 13.9. The van der Waals surface area contributed by atoms with Crippen LogP contribution < -0.4 is 4.90 Å². The first-order valence-electron chi connectivity index (χ1n) is 8.35. The second-order valence-corrected chi connectivity index (χ2v) is 7.18. The van der Waals surface area contributed by atoms with Crippen LogP contribution >= 0.6 is 15.9 Å². The second-order valence-electron chi connectivity index (χ2n) is 6.26. The van der Waals surface area contributed by atoms with Crippen molar-refractivity contribution < 1.29 is 4.79 Å². The first-order valence-corrected chi connectivity index (χ1v) is 9.14. The van der Waals surface area contributed by atoms with Crippen LogP contribution in [0.25, 0.3) is 5.69 Å². The molecule has 126 valence electrons. The predicted octanol–water partition coefficient (Wildman–Crippen LogP) is 4.54. The van der Waals surface area contributed by atoms with Gasteiger partial charge in [0, 0.05) is 34.2 Å². The number of amides is 1. The van der Waals surface area contributed by atoms with E-state index in [9.17, 15) is 4.79 Å². The zero-order valence-corrected chi connectivity index (χ0v) is 15.5. The lowest BCUT2D eigenvalue weighted by Crippen LogP contribution is -2.35. The molecule has 0 spiro atoms. The van der Waals surface area contributed by atoms with Gasteiger partial charge < -0.3 is 4.90 Å². The first kappa shape index (κ1) is 16.1. The third kappa shape index (κ3) is 3.00. The van der Waals surface area contributed by atoms with Crippen LogP contribution in [0.5, 0.6) is 0 Å². The van der Waals surface area contributed by atoms with Crippen molar-refractivity contribution in [2.75, 3.05) is 11.4 Å². The van der Waals surface area contributed by atoms with Gasteiger partial charge in [0.05, 0.1) is 5.69 Å². The fourth-order valence-corrected chi connectivity index (χ4v) is 3.73. The van der Waals surface area contributed by atoms with E-state index in [1.807, 2.05) is 59.0 Å². The van der Waals surface area contributed by atoms with Crippen molar-refractivity contribution in [3.63, 3.8) is 0 Å². The lowest BCUT2D eigenvalue weighted by molar-refractivity contribution is 0.0985. The SMILES string of the molecule is Cc1ccnn1-c1ccc(C(=O)N2CCCc3cc(Br)ccc32)cc1.